The number of hydrogen-bond donors (Lipinski definition) is 2. The minimum absolute atomic E-state index is 0.113. The van der Waals surface area contributed by atoms with Gasteiger partial charge in [0.25, 0.3) is 0 Å². The van der Waals surface area contributed by atoms with Gasteiger partial charge in [-0.3, -0.25) is 0 Å². The predicted octanol–water partition coefficient (Wildman–Crippen LogP) is 2.41. The van der Waals surface area contributed by atoms with Crippen LogP contribution in [0, 0.1) is 12.7 Å². The predicted molar refractivity (Wildman–Crippen MR) is 73.4 cm³/mol. The van der Waals surface area contributed by atoms with E-state index in [-0.39, 0.29) is 5.82 Å². The molecule has 2 N–H and O–H groups in total. The molecule has 0 bridgehead atoms. The summed E-state index contributed by atoms with van der Waals surface area (Å²) in [6.45, 7) is 4.98. The number of benzene rings is 1. The quantitative estimate of drug-likeness (QED) is 0.784. The summed E-state index contributed by atoms with van der Waals surface area (Å²) < 4.78 is 13.1. The zero-order valence-electron chi connectivity index (χ0n) is 11.1. The lowest BCUT2D eigenvalue weighted by Crippen LogP contribution is -2.42. The fourth-order valence-corrected chi connectivity index (χ4v) is 2.47. The maximum atomic E-state index is 13.1. The third kappa shape index (κ3) is 4.07. The van der Waals surface area contributed by atoms with Crippen LogP contribution >= 0.6 is 0 Å². The van der Waals surface area contributed by atoms with E-state index in [2.05, 4.69) is 10.6 Å². The Bertz CT molecular complexity index is 373. The van der Waals surface area contributed by atoms with Crippen LogP contribution in [0.4, 0.5) is 4.39 Å². The molecule has 2 rings (SSSR count). The molecule has 1 atom stereocenters. The molecule has 1 unspecified atom stereocenters. The van der Waals surface area contributed by atoms with Gasteiger partial charge in [0.15, 0.2) is 0 Å². The van der Waals surface area contributed by atoms with Crippen molar-refractivity contribution in [2.75, 3.05) is 19.6 Å². The van der Waals surface area contributed by atoms with Crippen molar-refractivity contribution < 1.29 is 4.39 Å². The van der Waals surface area contributed by atoms with E-state index in [0.29, 0.717) is 6.04 Å². The Kier molecular flexibility index (Phi) is 5.14. The summed E-state index contributed by atoms with van der Waals surface area (Å²) in [7, 11) is 0. The van der Waals surface area contributed by atoms with E-state index in [4.69, 9.17) is 0 Å². The van der Waals surface area contributed by atoms with E-state index in [1.807, 2.05) is 19.1 Å². The van der Waals surface area contributed by atoms with Crippen LogP contribution in [0.3, 0.4) is 0 Å². The zero-order valence-corrected chi connectivity index (χ0v) is 11.1. The first-order chi connectivity index (χ1) is 8.75. The Hall–Kier alpha value is -0.930. The van der Waals surface area contributed by atoms with E-state index < -0.39 is 0 Å². The minimum Gasteiger partial charge on any atom is -0.315 e. The van der Waals surface area contributed by atoms with Crippen molar-refractivity contribution in [2.24, 2.45) is 0 Å². The molecule has 1 aliphatic rings. The summed E-state index contributed by atoms with van der Waals surface area (Å²) in [6.07, 6.45) is 4.90. The smallest absolute Gasteiger partial charge is 0.126 e. The van der Waals surface area contributed by atoms with Crippen LogP contribution in [0.1, 0.15) is 30.4 Å². The fraction of sp³-hybridized carbons (Fsp3) is 0.600. The van der Waals surface area contributed by atoms with Gasteiger partial charge in [-0.05, 0) is 56.5 Å². The molecule has 1 heterocycles. The van der Waals surface area contributed by atoms with Crippen LogP contribution in [0.2, 0.25) is 0 Å². The molecule has 1 saturated heterocycles. The van der Waals surface area contributed by atoms with Gasteiger partial charge >= 0.3 is 0 Å². The van der Waals surface area contributed by atoms with Crippen molar-refractivity contribution >= 4 is 0 Å². The topological polar surface area (TPSA) is 24.1 Å². The third-order valence-electron chi connectivity index (χ3n) is 3.62. The monoisotopic (exact) mass is 250 g/mol. The van der Waals surface area contributed by atoms with Crippen molar-refractivity contribution in [3.05, 3.63) is 35.1 Å². The Morgan fingerprint density at radius 2 is 2.28 bits per heavy atom. The fourth-order valence-electron chi connectivity index (χ4n) is 2.47. The molecule has 100 valence electrons. The van der Waals surface area contributed by atoms with Crippen molar-refractivity contribution in [2.45, 2.75) is 38.6 Å². The summed E-state index contributed by atoms with van der Waals surface area (Å²) in [5.41, 5.74) is 1.94. The van der Waals surface area contributed by atoms with Crippen LogP contribution in [0.15, 0.2) is 18.2 Å². The van der Waals surface area contributed by atoms with Crippen LogP contribution in [0.25, 0.3) is 0 Å². The Morgan fingerprint density at radius 1 is 1.39 bits per heavy atom. The zero-order chi connectivity index (χ0) is 12.8. The van der Waals surface area contributed by atoms with Crippen LogP contribution in [-0.4, -0.2) is 25.7 Å². The number of hydrogen-bond acceptors (Lipinski definition) is 2. The summed E-state index contributed by atoms with van der Waals surface area (Å²) in [4.78, 5) is 0. The molecular formula is C15H23FN2. The molecule has 0 aromatic heterocycles. The van der Waals surface area contributed by atoms with E-state index in [1.54, 1.807) is 6.07 Å². The summed E-state index contributed by atoms with van der Waals surface area (Å²) in [5.74, 6) is -0.113. The lowest BCUT2D eigenvalue weighted by atomic mass is 10.0. The maximum absolute atomic E-state index is 13.1. The van der Waals surface area contributed by atoms with E-state index in [9.17, 15) is 4.39 Å². The van der Waals surface area contributed by atoms with Gasteiger partial charge in [-0.15, -0.1) is 0 Å². The van der Waals surface area contributed by atoms with Gasteiger partial charge in [0.05, 0.1) is 0 Å². The average Bonchev–Trinajstić information content (AvgIpc) is 2.40. The molecule has 1 fully saturated rings. The molecule has 1 aromatic carbocycles. The minimum atomic E-state index is -0.113. The summed E-state index contributed by atoms with van der Waals surface area (Å²) in [6, 6.07) is 6.01. The number of halogens is 1. The molecule has 0 saturated carbocycles. The standard InChI is InChI=1S/C15H23FN2/c1-12-10-13(5-6-15(12)16)7-9-17-11-14-4-2-3-8-18-14/h5-6,10,14,17-18H,2-4,7-9,11H2,1H3. The molecule has 1 aromatic rings. The van der Waals surface area contributed by atoms with Gasteiger partial charge in [-0.1, -0.05) is 18.6 Å². The highest BCUT2D eigenvalue weighted by atomic mass is 19.1. The van der Waals surface area contributed by atoms with E-state index >= 15 is 0 Å². The lowest BCUT2D eigenvalue weighted by molar-refractivity contribution is 0.384. The van der Waals surface area contributed by atoms with Gasteiger partial charge in [-0.25, -0.2) is 4.39 Å². The highest BCUT2D eigenvalue weighted by Crippen LogP contribution is 2.09. The second-order valence-electron chi connectivity index (χ2n) is 5.18. The molecular weight excluding hydrogens is 227 g/mol. The van der Waals surface area contributed by atoms with Crippen molar-refractivity contribution in [1.29, 1.82) is 0 Å². The number of aryl methyl sites for hydroxylation is 1. The second-order valence-corrected chi connectivity index (χ2v) is 5.18. The van der Waals surface area contributed by atoms with E-state index in [0.717, 1.165) is 31.6 Å². The summed E-state index contributed by atoms with van der Waals surface area (Å²) >= 11 is 0. The van der Waals surface area contributed by atoms with Gasteiger partial charge in [0.1, 0.15) is 5.82 Å². The Morgan fingerprint density at radius 3 is 3.00 bits per heavy atom. The van der Waals surface area contributed by atoms with Crippen LogP contribution in [-0.2, 0) is 6.42 Å². The Balaban J connectivity index is 1.66. The highest BCUT2D eigenvalue weighted by Gasteiger charge is 2.11. The first kappa shape index (κ1) is 13.5. The van der Waals surface area contributed by atoms with Crippen molar-refractivity contribution in [3.63, 3.8) is 0 Å². The van der Waals surface area contributed by atoms with Crippen molar-refractivity contribution in [1.82, 2.24) is 10.6 Å². The maximum Gasteiger partial charge on any atom is 0.126 e. The second kappa shape index (κ2) is 6.86. The molecule has 1 aliphatic heterocycles. The average molecular weight is 250 g/mol. The molecule has 0 radical (unpaired) electrons. The van der Waals surface area contributed by atoms with Gasteiger partial charge < -0.3 is 10.6 Å². The van der Waals surface area contributed by atoms with Gasteiger partial charge in [0.2, 0.25) is 0 Å². The number of nitrogens with one attached hydrogen (secondary N) is 2. The third-order valence-corrected chi connectivity index (χ3v) is 3.62. The lowest BCUT2D eigenvalue weighted by Gasteiger charge is -2.23. The van der Waals surface area contributed by atoms with Crippen molar-refractivity contribution in [3.8, 4) is 0 Å². The number of piperidine rings is 1. The molecule has 18 heavy (non-hydrogen) atoms. The van der Waals surface area contributed by atoms with Crippen LogP contribution < -0.4 is 10.6 Å². The molecule has 3 heteroatoms. The van der Waals surface area contributed by atoms with Gasteiger partial charge in [-0.2, -0.15) is 0 Å². The molecule has 0 aliphatic carbocycles. The molecule has 0 amide bonds. The Labute approximate surface area is 109 Å². The molecule has 0 spiro atoms. The highest BCUT2D eigenvalue weighted by molar-refractivity contribution is 5.24. The summed E-state index contributed by atoms with van der Waals surface area (Å²) in [5, 5.41) is 7.00. The van der Waals surface area contributed by atoms with E-state index in [1.165, 1.54) is 24.8 Å². The SMILES string of the molecule is Cc1cc(CCNCC2CCCCN2)ccc1F. The largest absolute Gasteiger partial charge is 0.315 e. The van der Waals surface area contributed by atoms with Gasteiger partial charge in [0, 0.05) is 12.6 Å². The first-order valence-corrected chi connectivity index (χ1v) is 6.95. The first-order valence-electron chi connectivity index (χ1n) is 6.95. The molecule has 2 nitrogen and oxygen atoms in total. The normalized spacial score (nSPS) is 20.0. The van der Waals surface area contributed by atoms with Crippen LogP contribution in [0.5, 0.6) is 0 Å². The number of rotatable bonds is 5.